The highest BCUT2D eigenvalue weighted by Gasteiger charge is 2.60. The van der Waals surface area contributed by atoms with Crippen LogP contribution in [0.3, 0.4) is 0 Å². The van der Waals surface area contributed by atoms with Gasteiger partial charge in [0.2, 0.25) is 0 Å². The fourth-order valence-corrected chi connectivity index (χ4v) is 6.72. The summed E-state index contributed by atoms with van der Waals surface area (Å²) in [5, 5.41) is 0. The lowest BCUT2D eigenvalue weighted by Gasteiger charge is -2.55. The summed E-state index contributed by atoms with van der Waals surface area (Å²) in [7, 11) is 1.39. The molecule has 1 spiro atoms. The smallest absolute Gasteiger partial charge is 0.337 e. The summed E-state index contributed by atoms with van der Waals surface area (Å²) in [4.78, 5) is 21.9. The first-order chi connectivity index (χ1) is 17.1. The predicted molar refractivity (Wildman–Crippen MR) is 131 cm³/mol. The second kappa shape index (κ2) is 8.54. The monoisotopic (exact) mass is 470 g/mol. The normalized spacial score (nSPS) is 26.7. The van der Waals surface area contributed by atoms with Crippen molar-refractivity contribution in [3.05, 3.63) is 83.2 Å². The number of esters is 1. The number of hydrogen-bond donors (Lipinski definition) is 0. The van der Waals surface area contributed by atoms with E-state index in [1.54, 1.807) is 12.1 Å². The van der Waals surface area contributed by atoms with Gasteiger partial charge >= 0.3 is 5.97 Å². The zero-order chi connectivity index (χ0) is 24.0. The van der Waals surface area contributed by atoms with Gasteiger partial charge in [0.1, 0.15) is 0 Å². The van der Waals surface area contributed by atoms with Crippen molar-refractivity contribution >= 4 is 5.97 Å². The summed E-state index contributed by atoms with van der Waals surface area (Å²) in [5.74, 6) is 0.422. The molecule has 0 N–H and O–H groups in total. The first-order valence-corrected chi connectivity index (χ1v) is 12.5. The molecule has 3 aromatic rings. The van der Waals surface area contributed by atoms with E-state index in [2.05, 4.69) is 37.3 Å². The van der Waals surface area contributed by atoms with Crippen LogP contribution < -0.4 is 0 Å². The molecule has 3 aliphatic rings. The predicted octanol–water partition coefficient (Wildman–Crippen LogP) is 4.95. The summed E-state index contributed by atoms with van der Waals surface area (Å²) in [5.41, 5.74) is 4.82. The Morgan fingerprint density at radius 1 is 1.03 bits per heavy atom. The van der Waals surface area contributed by atoms with Crippen LogP contribution in [0, 0.1) is 11.8 Å². The molecule has 3 atom stereocenters. The molecule has 1 aromatic heterocycles. The zero-order valence-corrected chi connectivity index (χ0v) is 20.2. The third-order valence-corrected chi connectivity index (χ3v) is 8.44. The Bertz CT molecular complexity index is 1240. The van der Waals surface area contributed by atoms with Gasteiger partial charge in [-0.05, 0) is 48.4 Å². The van der Waals surface area contributed by atoms with E-state index in [-0.39, 0.29) is 17.3 Å². The SMILES string of the molecule is COC(=O)c1ccc(-c2ncc3c(n2)[C@@]2(c4ccccc4)CCC4(OCCO4)[C@@H](C)[C@@H]2CC3)cc1. The second-order valence-electron chi connectivity index (χ2n) is 9.92. The summed E-state index contributed by atoms with van der Waals surface area (Å²) >= 11 is 0. The molecule has 2 aromatic carbocycles. The Morgan fingerprint density at radius 2 is 1.77 bits per heavy atom. The summed E-state index contributed by atoms with van der Waals surface area (Å²) in [6.45, 7) is 3.63. The van der Waals surface area contributed by atoms with Crippen LogP contribution in [0.15, 0.2) is 60.8 Å². The van der Waals surface area contributed by atoms with Gasteiger partial charge in [-0.15, -0.1) is 0 Å². The summed E-state index contributed by atoms with van der Waals surface area (Å²) in [6.07, 6.45) is 5.75. The number of benzene rings is 2. The fourth-order valence-electron chi connectivity index (χ4n) is 6.72. The van der Waals surface area contributed by atoms with E-state index < -0.39 is 5.79 Å². The summed E-state index contributed by atoms with van der Waals surface area (Å²) in [6, 6.07) is 18.1. The first kappa shape index (κ1) is 22.4. The number of aryl methyl sites for hydroxylation is 1. The van der Waals surface area contributed by atoms with Gasteiger partial charge in [-0.3, -0.25) is 0 Å². The van der Waals surface area contributed by atoms with Gasteiger partial charge < -0.3 is 14.2 Å². The minimum Gasteiger partial charge on any atom is -0.465 e. The fraction of sp³-hybridized carbons (Fsp3) is 0.414. The Kier molecular flexibility index (Phi) is 5.46. The number of carbonyl (C=O) groups is 1. The molecule has 6 nitrogen and oxygen atoms in total. The number of carbonyl (C=O) groups excluding carboxylic acids is 1. The van der Waals surface area contributed by atoms with E-state index in [0.717, 1.165) is 36.9 Å². The van der Waals surface area contributed by atoms with Crippen LogP contribution in [0.25, 0.3) is 11.4 Å². The van der Waals surface area contributed by atoms with Crippen molar-refractivity contribution in [3.8, 4) is 11.4 Å². The number of ether oxygens (including phenoxy) is 3. The van der Waals surface area contributed by atoms with Gasteiger partial charge in [-0.1, -0.05) is 49.4 Å². The molecule has 0 bridgehead atoms. The third kappa shape index (κ3) is 3.42. The summed E-state index contributed by atoms with van der Waals surface area (Å²) < 4.78 is 17.3. The topological polar surface area (TPSA) is 70.5 Å². The highest BCUT2D eigenvalue weighted by atomic mass is 16.7. The number of rotatable bonds is 3. The maximum Gasteiger partial charge on any atom is 0.337 e. The molecule has 0 radical (unpaired) electrons. The van der Waals surface area contributed by atoms with Crippen molar-refractivity contribution in [3.63, 3.8) is 0 Å². The number of methoxy groups -OCH3 is 1. The lowest BCUT2D eigenvalue weighted by molar-refractivity contribution is -0.232. The van der Waals surface area contributed by atoms with E-state index in [4.69, 9.17) is 24.2 Å². The van der Waals surface area contributed by atoms with Crippen molar-refractivity contribution in [2.24, 2.45) is 11.8 Å². The van der Waals surface area contributed by atoms with Gasteiger partial charge in [0.05, 0.1) is 31.6 Å². The molecule has 1 saturated carbocycles. The van der Waals surface area contributed by atoms with E-state index in [1.807, 2.05) is 18.3 Å². The van der Waals surface area contributed by atoms with Gasteiger partial charge in [0.25, 0.3) is 0 Å². The van der Waals surface area contributed by atoms with Gasteiger partial charge in [-0.2, -0.15) is 0 Å². The largest absolute Gasteiger partial charge is 0.465 e. The molecule has 2 fully saturated rings. The minimum atomic E-state index is -0.486. The number of fused-ring (bicyclic) bond motifs is 3. The third-order valence-electron chi connectivity index (χ3n) is 8.44. The van der Waals surface area contributed by atoms with Crippen LogP contribution in [0.2, 0.25) is 0 Å². The maximum atomic E-state index is 11.9. The number of aromatic nitrogens is 2. The molecule has 0 amide bonds. The van der Waals surface area contributed by atoms with Crippen LogP contribution in [0.5, 0.6) is 0 Å². The van der Waals surface area contributed by atoms with Crippen molar-refractivity contribution in [1.29, 1.82) is 0 Å². The molecule has 6 rings (SSSR count). The molecule has 6 heteroatoms. The molecule has 1 saturated heterocycles. The molecular formula is C29H30N2O4. The van der Waals surface area contributed by atoms with Crippen molar-refractivity contribution < 1.29 is 19.0 Å². The Hall–Kier alpha value is -3.09. The van der Waals surface area contributed by atoms with Crippen LogP contribution in [0.4, 0.5) is 0 Å². The van der Waals surface area contributed by atoms with Gasteiger partial charge in [-0.25, -0.2) is 14.8 Å². The molecule has 2 heterocycles. The van der Waals surface area contributed by atoms with E-state index in [1.165, 1.54) is 18.2 Å². The highest BCUT2D eigenvalue weighted by molar-refractivity contribution is 5.89. The molecule has 2 aliphatic carbocycles. The second-order valence-corrected chi connectivity index (χ2v) is 9.92. The average Bonchev–Trinajstić information content (AvgIpc) is 3.40. The number of hydrogen-bond acceptors (Lipinski definition) is 6. The van der Waals surface area contributed by atoms with Crippen molar-refractivity contribution in [1.82, 2.24) is 9.97 Å². The molecule has 35 heavy (non-hydrogen) atoms. The quantitative estimate of drug-likeness (QED) is 0.505. The minimum absolute atomic E-state index is 0.224. The van der Waals surface area contributed by atoms with Gasteiger partial charge in [0.15, 0.2) is 11.6 Å². The first-order valence-electron chi connectivity index (χ1n) is 12.5. The molecule has 180 valence electrons. The maximum absolute atomic E-state index is 11.9. The van der Waals surface area contributed by atoms with Crippen molar-refractivity contribution in [2.45, 2.75) is 43.8 Å². The van der Waals surface area contributed by atoms with Crippen LogP contribution in [-0.2, 0) is 26.0 Å². The van der Waals surface area contributed by atoms with Gasteiger partial charge in [0, 0.05) is 29.5 Å². The van der Waals surface area contributed by atoms with Crippen LogP contribution in [-0.4, -0.2) is 42.0 Å². The molecular weight excluding hydrogens is 440 g/mol. The lowest BCUT2D eigenvalue weighted by Crippen LogP contribution is -2.57. The standard InChI is InChI=1S/C29H30N2O4/c1-19-24-13-12-22-18-30-26(20-8-10-21(11-9-20)27(32)33-2)31-25(22)28(24,23-6-4-3-5-7-23)14-15-29(19)34-16-17-35-29/h3-11,18-19,24H,12-17H2,1-2H3/t19-,24-,28+/m0/s1. The van der Waals surface area contributed by atoms with E-state index >= 15 is 0 Å². The zero-order valence-electron chi connectivity index (χ0n) is 20.2. The highest BCUT2D eigenvalue weighted by Crippen LogP contribution is 2.59. The molecule has 1 aliphatic heterocycles. The average molecular weight is 471 g/mol. The van der Waals surface area contributed by atoms with Crippen molar-refractivity contribution in [2.75, 3.05) is 20.3 Å². The Labute approximate surface area is 205 Å². The van der Waals surface area contributed by atoms with Crippen LogP contribution in [0.1, 0.15) is 53.4 Å². The lowest BCUT2D eigenvalue weighted by atomic mass is 9.52. The molecule has 0 unspecified atom stereocenters. The van der Waals surface area contributed by atoms with E-state index in [9.17, 15) is 4.79 Å². The van der Waals surface area contributed by atoms with Crippen LogP contribution >= 0.6 is 0 Å². The Morgan fingerprint density at radius 3 is 2.49 bits per heavy atom. The van der Waals surface area contributed by atoms with E-state index in [0.29, 0.717) is 30.5 Å². The Balaban J connectivity index is 1.47. The number of nitrogens with zero attached hydrogens (tertiary/aromatic N) is 2.